The molecule has 2 aromatic rings. The minimum absolute atomic E-state index is 0.0941. The summed E-state index contributed by atoms with van der Waals surface area (Å²) in [6, 6.07) is 9.50. The maximum atomic E-state index is 12.4. The predicted molar refractivity (Wildman–Crippen MR) is 71.6 cm³/mol. The Kier molecular flexibility index (Phi) is 4.09. The van der Waals surface area contributed by atoms with Gasteiger partial charge >= 0.3 is 6.18 Å². The molecule has 0 aliphatic rings. The van der Waals surface area contributed by atoms with Crippen molar-refractivity contribution in [1.82, 2.24) is 0 Å². The Bertz CT molecular complexity index is 576. The number of alkyl halides is 3. The quantitative estimate of drug-likeness (QED) is 0.846. The van der Waals surface area contributed by atoms with Crippen LogP contribution >= 0.6 is 11.6 Å². The summed E-state index contributed by atoms with van der Waals surface area (Å²) in [6.07, 6.45) is -4.36. The SMILES string of the molecule is Nc1cccc(Cl)c1COc1ccc(C(F)(F)F)cc1. The van der Waals surface area contributed by atoms with Gasteiger partial charge in [-0.1, -0.05) is 17.7 Å². The topological polar surface area (TPSA) is 35.2 Å². The monoisotopic (exact) mass is 301 g/mol. The highest BCUT2D eigenvalue weighted by Crippen LogP contribution is 2.30. The third kappa shape index (κ3) is 3.36. The van der Waals surface area contributed by atoms with Crippen molar-refractivity contribution in [3.05, 3.63) is 58.6 Å². The molecule has 2 rings (SSSR count). The van der Waals surface area contributed by atoms with Crippen LogP contribution in [0.25, 0.3) is 0 Å². The van der Waals surface area contributed by atoms with E-state index < -0.39 is 11.7 Å². The third-order valence-corrected chi connectivity index (χ3v) is 3.07. The van der Waals surface area contributed by atoms with E-state index in [4.69, 9.17) is 22.1 Å². The number of nitrogens with two attached hydrogens (primary N) is 1. The molecule has 0 aliphatic carbocycles. The molecule has 0 aliphatic heterocycles. The first-order chi connectivity index (χ1) is 9.38. The molecule has 0 radical (unpaired) electrons. The molecule has 0 saturated heterocycles. The summed E-state index contributed by atoms with van der Waals surface area (Å²) < 4.78 is 42.6. The number of ether oxygens (including phenoxy) is 1. The van der Waals surface area contributed by atoms with Crippen molar-refractivity contribution in [1.29, 1.82) is 0 Å². The summed E-state index contributed by atoms with van der Waals surface area (Å²) >= 11 is 5.97. The van der Waals surface area contributed by atoms with Gasteiger partial charge < -0.3 is 10.5 Å². The first kappa shape index (κ1) is 14.5. The Hall–Kier alpha value is -1.88. The van der Waals surface area contributed by atoms with Gasteiger partial charge in [0.15, 0.2) is 0 Å². The Morgan fingerprint density at radius 3 is 2.25 bits per heavy atom. The molecule has 2 N–H and O–H groups in total. The zero-order valence-corrected chi connectivity index (χ0v) is 11.0. The Morgan fingerprint density at radius 2 is 1.70 bits per heavy atom. The highest BCUT2D eigenvalue weighted by atomic mass is 35.5. The minimum atomic E-state index is -4.36. The second kappa shape index (κ2) is 5.63. The van der Waals surface area contributed by atoms with Gasteiger partial charge in [-0.15, -0.1) is 0 Å². The molecule has 0 heterocycles. The summed E-state index contributed by atoms with van der Waals surface area (Å²) in [6.45, 7) is 0.0941. The first-order valence-corrected chi connectivity index (χ1v) is 6.08. The fraction of sp³-hybridized carbons (Fsp3) is 0.143. The molecule has 0 unspecified atom stereocenters. The molecule has 20 heavy (non-hydrogen) atoms. The fourth-order valence-corrected chi connectivity index (χ4v) is 1.86. The van der Waals surface area contributed by atoms with Crippen molar-refractivity contribution in [2.45, 2.75) is 12.8 Å². The molecule has 0 aromatic heterocycles. The lowest BCUT2D eigenvalue weighted by Crippen LogP contribution is -2.05. The van der Waals surface area contributed by atoms with Gasteiger partial charge in [0.25, 0.3) is 0 Å². The van der Waals surface area contributed by atoms with Crippen LogP contribution in [0, 0.1) is 0 Å². The van der Waals surface area contributed by atoms with Crippen molar-refractivity contribution in [2.75, 3.05) is 5.73 Å². The largest absolute Gasteiger partial charge is 0.489 e. The van der Waals surface area contributed by atoms with Crippen molar-refractivity contribution in [3.63, 3.8) is 0 Å². The molecular weight excluding hydrogens is 291 g/mol. The van der Waals surface area contributed by atoms with Gasteiger partial charge in [0.05, 0.1) is 5.56 Å². The summed E-state index contributed by atoms with van der Waals surface area (Å²) in [7, 11) is 0. The average Bonchev–Trinajstić information content (AvgIpc) is 2.37. The van der Waals surface area contributed by atoms with E-state index in [2.05, 4.69) is 0 Å². The van der Waals surface area contributed by atoms with Crippen LogP contribution in [0.2, 0.25) is 5.02 Å². The molecular formula is C14H11ClF3NO. The molecule has 0 bridgehead atoms. The van der Waals surface area contributed by atoms with E-state index >= 15 is 0 Å². The fourth-order valence-electron chi connectivity index (χ4n) is 1.62. The van der Waals surface area contributed by atoms with Gasteiger partial charge in [-0.3, -0.25) is 0 Å². The Morgan fingerprint density at radius 1 is 1.05 bits per heavy atom. The van der Waals surface area contributed by atoms with E-state index in [1.165, 1.54) is 12.1 Å². The van der Waals surface area contributed by atoms with Crippen LogP contribution in [0.4, 0.5) is 18.9 Å². The van der Waals surface area contributed by atoms with E-state index in [-0.39, 0.29) is 6.61 Å². The molecule has 106 valence electrons. The molecule has 0 spiro atoms. The number of hydrogen-bond donors (Lipinski definition) is 1. The maximum Gasteiger partial charge on any atom is 0.416 e. The second-order valence-electron chi connectivity index (χ2n) is 4.12. The first-order valence-electron chi connectivity index (χ1n) is 5.71. The lowest BCUT2D eigenvalue weighted by molar-refractivity contribution is -0.137. The average molecular weight is 302 g/mol. The Labute approximate surface area is 118 Å². The smallest absolute Gasteiger partial charge is 0.416 e. The molecule has 6 heteroatoms. The van der Waals surface area contributed by atoms with Crippen LogP contribution in [-0.2, 0) is 12.8 Å². The zero-order chi connectivity index (χ0) is 14.8. The zero-order valence-electron chi connectivity index (χ0n) is 10.2. The van der Waals surface area contributed by atoms with Crippen molar-refractivity contribution < 1.29 is 17.9 Å². The second-order valence-corrected chi connectivity index (χ2v) is 4.53. The number of hydrogen-bond acceptors (Lipinski definition) is 2. The van der Waals surface area contributed by atoms with Crippen LogP contribution in [0.15, 0.2) is 42.5 Å². The number of nitrogen functional groups attached to an aromatic ring is 1. The van der Waals surface area contributed by atoms with Gasteiger partial charge in [-0.2, -0.15) is 13.2 Å². The predicted octanol–water partition coefficient (Wildman–Crippen LogP) is 4.52. The summed E-state index contributed by atoms with van der Waals surface area (Å²) in [5, 5.41) is 0.455. The van der Waals surface area contributed by atoms with E-state index in [0.717, 1.165) is 12.1 Å². The van der Waals surface area contributed by atoms with Crippen LogP contribution < -0.4 is 10.5 Å². The summed E-state index contributed by atoms with van der Waals surface area (Å²) in [4.78, 5) is 0. The van der Waals surface area contributed by atoms with Crippen LogP contribution in [0.1, 0.15) is 11.1 Å². The minimum Gasteiger partial charge on any atom is -0.489 e. The number of anilines is 1. The highest BCUT2D eigenvalue weighted by molar-refractivity contribution is 6.31. The molecule has 2 nitrogen and oxygen atoms in total. The van der Waals surface area contributed by atoms with Gasteiger partial charge in [0, 0.05) is 16.3 Å². The molecule has 0 atom stereocenters. The van der Waals surface area contributed by atoms with Crippen molar-refractivity contribution >= 4 is 17.3 Å². The van der Waals surface area contributed by atoms with Gasteiger partial charge in [-0.05, 0) is 36.4 Å². The normalized spacial score (nSPS) is 11.4. The highest BCUT2D eigenvalue weighted by Gasteiger charge is 2.30. The lowest BCUT2D eigenvalue weighted by Gasteiger charge is -2.11. The molecule has 0 amide bonds. The summed E-state index contributed by atoms with van der Waals surface area (Å²) in [5.74, 6) is 0.317. The van der Waals surface area contributed by atoms with E-state index in [1.807, 2.05) is 0 Å². The third-order valence-electron chi connectivity index (χ3n) is 2.72. The van der Waals surface area contributed by atoms with Crippen LogP contribution in [0.5, 0.6) is 5.75 Å². The molecule has 2 aromatic carbocycles. The maximum absolute atomic E-state index is 12.4. The van der Waals surface area contributed by atoms with Crippen LogP contribution in [-0.4, -0.2) is 0 Å². The van der Waals surface area contributed by atoms with Crippen molar-refractivity contribution in [2.24, 2.45) is 0 Å². The number of halogens is 4. The lowest BCUT2D eigenvalue weighted by atomic mass is 10.2. The van der Waals surface area contributed by atoms with Crippen LogP contribution in [0.3, 0.4) is 0 Å². The van der Waals surface area contributed by atoms with E-state index in [1.54, 1.807) is 18.2 Å². The number of rotatable bonds is 3. The molecule has 0 saturated carbocycles. The standard InChI is InChI=1S/C14H11ClF3NO/c15-12-2-1-3-13(19)11(12)8-20-10-6-4-9(5-7-10)14(16,17)18/h1-7H,8,19H2. The van der Waals surface area contributed by atoms with Gasteiger partial charge in [0.1, 0.15) is 12.4 Å². The van der Waals surface area contributed by atoms with Crippen molar-refractivity contribution in [3.8, 4) is 5.75 Å². The van der Waals surface area contributed by atoms with E-state index in [9.17, 15) is 13.2 Å². The van der Waals surface area contributed by atoms with E-state index in [0.29, 0.717) is 22.0 Å². The summed E-state index contributed by atoms with van der Waals surface area (Å²) in [5.41, 5.74) is 6.12. The molecule has 0 fully saturated rings. The Balaban J connectivity index is 2.08. The number of benzene rings is 2. The van der Waals surface area contributed by atoms with Gasteiger partial charge in [0.2, 0.25) is 0 Å². The van der Waals surface area contributed by atoms with Gasteiger partial charge in [-0.25, -0.2) is 0 Å².